The Morgan fingerprint density at radius 1 is 1.30 bits per heavy atom. The van der Waals surface area contributed by atoms with Crippen LogP contribution in [0, 0.1) is 5.92 Å². The van der Waals surface area contributed by atoms with Gasteiger partial charge in [0.15, 0.2) is 0 Å². The Balaban J connectivity index is 1.40. The number of nitrogens with zero attached hydrogens (tertiary/aromatic N) is 3. The highest BCUT2D eigenvalue weighted by atomic mass is 32.2. The van der Waals surface area contributed by atoms with Crippen molar-refractivity contribution in [3.63, 3.8) is 0 Å². The number of likely N-dealkylation sites (tertiary alicyclic amines) is 1. The molecule has 5 rings (SSSR count). The molecule has 1 aromatic carbocycles. The fraction of sp³-hybridized carbons (Fsp3) is 0.364. The fourth-order valence-corrected chi connectivity index (χ4v) is 5.10. The lowest BCUT2D eigenvalue weighted by molar-refractivity contribution is -0.130. The molecule has 0 radical (unpaired) electrons. The molecule has 0 bridgehead atoms. The topological polar surface area (TPSA) is 89.8 Å². The van der Waals surface area contributed by atoms with Crippen molar-refractivity contribution in [2.45, 2.75) is 19.0 Å². The number of thioether (sulfide) groups is 1. The monoisotopic (exact) mass is 422 g/mol. The van der Waals surface area contributed by atoms with Crippen molar-refractivity contribution >= 4 is 40.1 Å². The van der Waals surface area contributed by atoms with Crippen LogP contribution in [0.25, 0.3) is 16.6 Å². The standard InChI is InChI=1S/C22H26N6OS/c1-30-13-18(29)27-9-6-14(7-10-27)22-26-19(20-21(23)24-8-11-28(20)22)17-12-15-4-2-3-5-16(15)25-17/h2-5,8,11-12,14,22,25-26H,6-7,9-10,13H2,1H3,(H2,23,24). The van der Waals surface area contributed by atoms with E-state index in [1.54, 1.807) is 18.0 Å². The number of aromatic amines is 1. The Bertz CT molecular complexity index is 1030. The molecule has 0 aliphatic carbocycles. The number of amidine groups is 1. The van der Waals surface area contributed by atoms with E-state index in [4.69, 9.17) is 5.73 Å². The summed E-state index contributed by atoms with van der Waals surface area (Å²) in [5, 5.41) is 4.90. The van der Waals surface area contributed by atoms with Crippen molar-refractivity contribution in [1.29, 1.82) is 0 Å². The van der Waals surface area contributed by atoms with Gasteiger partial charge < -0.3 is 25.8 Å². The smallest absolute Gasteiger partial charge is 0.232 e. The maximum atomic E-state index is 12.2. The van der Waals surface area contributed by atoms with Crippen molar-refractivity contribution < 1.29 is 4.79 Å². The minimum atomic E-state index is 0.101. The fourth-order valence-electron chi connectivity index (χ4n) is 4.67. The van der Waals surface area contributed by atoms with Gasteiger partial charge in [-0.3, -0.25) is 4.79 Å². The molecule has 30 heavy (non-hydrogen) atoms. The van der Waals surface area contributed by atoms with Crippen LogP contribution in [-0.2, 0) is 4.79 Å². The zero-order chi connectivity index (χ0) is 20.7. The number of rotatable bonds is 4. The number of H-pyrrole nitrogens is 1. The number of aromatic nitrogens is 1. The van der Waals surface area contributed by atoms with Crippen LogP contribution < -0.4 is 11.1 Å². The zero-order valence-corrected chi connectivity index (χ0v) is 17.8. The molecular formula is C22H26N6OS. The predicted octanol–water partition coefficient (Wildman–Crippen LogP) is 2.51. The largest absolute Gasteiger partial charge is 0.382 e. The van der Waals surface area contributed by atoms with Crippen LogP contribution in [0.1, 0.15) is 18.5 Å². The van der Waals surface area contributed by atoms with Crippen LogP contribution in [-0.4, -0.2) is 57.8 Å². The van der Waals surface area contributed by atoms with E-state index < -0.39 is 0 Å². The van der Waals surface area contributed by atoms with Crippen molar-refractivity contribution in [2.75, 3.05) is 25.1 Å². The Morgan fingerprint density at radius 2 is 2.10 bits per heavy atom. The number of piperidine rings is 1. The van der Waals surface area contributed by atoms with Crippen LogP contribution in [0.4, 0.5) is 0 Å². The molecule has 4 N–H and O–H groups in total. The van der Waals surface area contributed by atoms with Crippen LogP contribution in [0.3, 0.4) is 0 Å². The minimum absolute atomic E-state index is 0.101. The molecule has 1 atom stereocenters. The highest BCUT2D eigenvalue weighted by Crippen LogP contribution is 2.36. The Morgan fingerprint density at radius 3 is 2.87 bits per heavy atom. The molecule has 0 spiro atoms. The minimum Gasteiger partial charge on any atom is -0.382 e. The third-order valence-electron chi connectivity index (χ3n) is 6.18. The van der Waals surface area contributed by atoms with Crippen molar-refractivity contribution in [3.8, 4) is 0 Å². The van der Waals surface area contributed by atoms with Gasteiger partial charge in [0.25, 0.3) is 0 Å². The lowest BCUT2D eigenvalue weighted by atomic mass is 9.93. The lowest BCUT2D eigenvalue weighted by Crippen LogP contribution is -2.48. The SMILES string of the molecule is CSCC(=O)N1CCC(C2NC(c3cc4ccccc4[nH]3)=C3C(N)=NC=CN32)CC1. The molecule has 1 saturated heterocycles. The van der Waals surface area contributed by atoms with Gasteiger partial charge in [-0.15, -0.1) is 0 Å². The maximum Gasteiger partial charge on any atom is 0.232 e. The van der Waals surface area contributed by atoms with E-state index in [2.05, 4.69) is 38.4 Å². The summed E-state index contributed by atoms with van der Waals surface area (Å²) in [6, 6.07) is 10.4. The Labute approximate surface area is 180 Å². The van der Waals surface area contributed by atoms with E-state index in [-0.39, 0.29) is 12.1 Å². The average molecular weight is 423 g/mol. The van der Waals surface area contributed by atoms with Crippen LogP contribution in [0.2, 0.25) is 0 Å². The molecule has 1 fully saturated rings. The number of para-hydroxylation sites is 1. The van der Waals surface area contributed by atoms with Gasteiger partial charge >= 0.3 is 0 Å². The zero-order valence-electron chi connectivity index (χ0n) is 17.0. The van der Waals surface area contributed by atoms with Crippen LogP contribution >= 0.6 is 11.8 Å². The van der Waals surface area contributed by atoms with Gasteiger partial charge in [-0.2, -0.15) is 11.8 Å². The first-order chi connectivity index (χ1) is 14.7. The number of carbonyl (C=O) groups excluding carboxylic acids is 1. The van der Waals surface area contributed by atoms with E-state index in [9.17, 15) is 4.79 Å². The number of hydrogen-bond donors (Lipinski definition) is 3. The average Bonchev–Trinajstić information content (AvgIpc) is 3.36. The van der Waals surface area contributed by atoms with Gasteiger partial charge in [0, 0.05) is 42.3 Å². The molecule has 1 aromatic heterocycles. The third kappa shape index (κ3) is 3.25. The summed E-state index contributed by atoms with van der Waals surface area (Å²) in [5.41, 5.74) is 10.3. The molecule has 8 heteroatoms. The van der Waals surface area contributed by atoms with Gasteiger partial charge in [-0.05, 0) is 31.2 Å². The van der Waals surface area contributed by atoms with E-state index in [0.717, 1.165) is 48.5 Å². The third-order valence-corrected chi connectivity index (χ3v) is 6.71. The molecule has 3 aliphatic heterocycles. The Hall–Kier alpha value is -2.87. The van der Waals surface area contributed by atoms with Gasteiger partial charge in [0.1, 0.15) is 17.7 Å². The second-order valence-corrected chi connectivity index (χ2v) is 8.82. The number of aliphatic imine (C=N–C) groups is 1. The van der Waals surface area contributed by atoms with E-state index in [1.165, 1.54) is 5.39 Å². The second kappa shape index (κ2) is 7.75. The number of hydrogen-bond acceptors (Lipinski definition) is 6. The molecule has 0 saturated carbocycles. The lowest BCUT2D eigenvalue weighted by Gasteiger charge is -2.38. The normalized spacial score (nSPS) is 21.8. The summed E-state index contributed by atoms with van der Waals surface area (Å²) in [4.78, 5) is 24.3. The molecular weight excluding hydrogens is 396 g/mol. The predicted molar refractivity (Wildman–Crippen MR) is 122 cm³/mol. The molecule has 3 aliphatic rings. The summed E-state index contributed by atoms with van der Waals surface area (Å²) in [6.07, 6.45) is 7.77. The summed E-state index contributed by atoms with van der Waals surface area (Å²) < 4.78 is 0. The summed E-state index contributed by atoms with van der Waals surface area (Å²) in [7, 11) is 0. The first kappa shape index (κ1) is 19.1. The highest BCUT2D eigenvalue weighted by molar-refractivity contribution is 7.99. The van der Waals surface area contributed by atoms with Crippen molar-refractivity contribution in [2.24, 2.45) is 16.6 Å². The van der Waals surface area contributed by atoms with Crippen molar-refractivity contribution in [3.05, 3.63) is 54.1 Å². The van der Waals surface area contributed by atoms with E-state index in [0.29, 0.717) is 17.5 Å². The first-order valence-corrected chi connectivity index (χ1v) is 11.7. The summed E-state index contributed by atoms with van der Waals surface area (Å²) >= 11 is 1.59. The van der Waals surface area contributed by atoms with Crippen molar-refractivity contribution in [1.82, 2.24) is 20.1 Å². The molecule has 1 unspecified atom stereocenters. The van der Waals surface area contributed by atoms with E-state index in [1.807, 2.05) is 29.5 Å². The van der Waals surface area contributed by atoms with Gasteiger partial charge in [-0.25, -0.2) is 4.99 Å². The van der Waals surface area contributed by atoms with Gasteiger partial charge in [0.2, 0.25) is 5.91 Å². The number of amides is 1. The second-order valence-electron chi connectivity index (χ2n) is 7.95. The Kier molecular flexibility index (Phi) is 4.94. The highest BCUT2D eigenvalue weighted by Gasteiger charge is 2.40. The first-order valence-electron chi connectivity index (χ1n) is 10.3. The van der Waals surface area contributed by atoms with Gasteiger partial charge in [0.05, 0.1) is 17.1 Å². The number of benzene rings is 1. The maximum absolute atomic E-state index is 12.2. The molecule has 7 nitrogen and oxygen atoms in total. The summed E-state index contributed by atoms with van der Waals surface area (Å²) in [5.74, 6) is 1.74. The van der Waals surface area contributed by atoms with Gasteiger partial charge in [-0.1, -0.05) is 18.2 Å². The number of nitrogens with one attached hydrogen (secondary N) is 2. The number of fused-ring (bicyclic) bond motifs is 2. The number of carbonyl (C=O) groups is 1. The van der Waals surface area contributed by atoms with Crippen LogP contribution in [0.5, 0.6) is 0 Å². The molecule has 1 amide bonds. The number of nitrogens with two attached hydrogens (primary N) is 1. The molecule has 4 heterocycles. The molecule has 156 valence electrons. The quantitative estimate of drug-likeness (QED) is 0.705. The van der Waals surface area contributed by atoms with E-state index >= 15 is 0 Å². The summed E-state index contributed by atoms with van der Waals surface area (Å²) in [6.45, 7) is 1.61. The molecule has 2 aromatic rings. The van der Waals surface area contributed by atoms with Crippen LogP contribution in [0.15, 0.2) is 53.4 Å².